The minimum atomic E-state index is -0.530. The molecule has 0 saturated heterocycles. The van der Waals surface area contributed by atoms with Crippen LogP contribution >= 0.6 is 11.3 Å². The summed E-state index contributed by atoms with van der Waals surface area (Å²) in [5.41, 5.74) is 5.67. The first-order valence-corrected chi connectivity index (χ1v) is 7.05. The smallest absolute Gasteiger partial charge is 0.277 e. The van der Waals surface area contributed by atoms with Gasteiger partial charge in [-0.05, 0) is 19.9 Å². The van der Waals surface area contributed by atoms with Crippen molar-refractivity contribution in [3.8, 4) is 11.6 Å². The van der Waals surface area contributed by atoms with Crippen LogP contribution in [0.5, 0.6) is 0 Å². The zero-order valence-corrected chi connectivity index (χ0v) is 12.2. The van der Waals surface area contributed by atoms with Gasteiger partial charge in [0.1, 0.15) is 11.3 Å². The predicted octanol–water partition coefficient (Wildman–Crippen LogP) is 1.97. The molecule has 2 aromatic rings. The Bertz CT molecular complexity index is 533. The van der Waals surface area contributed by atoms with E-state index in [4.69, 9.17) is 15.0 Å². The van der Waals surface area contributed by atoms with Gasteiger partial charge in [0.05, 0.1) is 5.01 Å². The maximum Gasteiger partial charge on any atom is 0.277 e. The first-order valence-electron chi connectivity index (χ1n) is 6.17. The van der Waals surface area contributed by atoms with Crippen LogP contribution in [0.1, 0.15) is 31.1 Å². The monoisotopic (exact) mass is 282 g/mol. The molecule has 0 fully saturated rings. The Morgan fingerprint density at radius 2 is 2.26 bits per heavy atom. The molecule has 0 aliphatic heterocycles. The second-order valence-corrected chi connectivity index (χ2v) is 5.32. The zero-order chi connectivity index (χ0) is 13.9. The molecule has 0 aliphatic carbocycles. The highest BCUT2D eigenvalue weighted by atomic mass is 32.1. The molecule has 6 nitrogen and oxygen atoms in total. The summed E-state index contributed by atoms with van der Waals surface area (Å²) in [5, 5.41) is 6.87. The quantitative estimate of drug-likeness (QED) is 0.871. The van der Waals surface area contributed by atoms with Crippen molar-refractivity contribution in [3.05, 3.63) is 16.2 Å². The molecule has 2 rings (SSSR count). The van der Waals surface area contributed by atoms with Crippen LogP contribution in [0, 0.1) is 0 Å². The third-order valence-electron chi connectivity index (χ3n) is 3.15. The number of nitrogens with zero attached hydrogens (tertiary/aromatic N) is 3. The molecule has 2 N–H and O–H groups in total. The van der Waals surface area contributed by atoms with E-state index >= 15 is 0 Å². The molecule has 1 unspecified atom stereocenters. The van der Waals surface area contributed by atoms with Gasteiger partial charge in [-0.15, -0.1) is 11.3 Å². The molecule has 0 spiro atoms. The average Bonchev–Trinajstić information content (AvgIpc) is 3.06. The van der Waals surface area contributed by atoms with Gasteiger partial charge >= 0.3 is 0 Å². The Balaban J connectivity index is 2.24. The van der Waals surface area contributed by atoms with Crippen molar-refractivity contribution in [2.45, 2.75) is 32.3 Å². The molecule has 104 valence electrons. The minimum Gasteiger partial charge on any atom is -0.370 e. The lowest BCUT2D eigenvalue weighted by Gasteiger charge is -2.21. The number of aromatic nitrogens is 3. The van der Waals surface area contributed by atoms with Gasteiger partial charge in [0.2, 0.25) is 5.82 Å². The summed E-state index contributed by atoms with van der Waals surface area (Å²) in [4.78, 5) is 8.80. The lowest BCUT2D eigenvalue weighted by molar-refractivity contribution is -0.0106. The molecule has 0 aliphatic rings. The van der Waals surface area contributed by atoms with Crippen LogP contribution in [0.3, 0.4) is 0 Å². The van der Waals surface area contributed by atoms with E-state index in [1.54, 1.807) is 18.4 Å². The van der Waals surface area contributed by atoms with Crippen LogP contribution in [0.25, 0.3) is 11.6 Å². The van der Waals surface area contributed by atoms with E-state index < -0.39 is 5.60 Å². The minimum absolute atomic E-state index is 0.422. The molecule has 7 heteroatoms. The summed E-state index contributed by atoms with van der Waals surface area (Å²) in [6.07, 6.45) is 1.52. The van der Waals surface area contributed by atoms with E-state index in [-0.39, 0.29) is 0 Å². The van der Waals surface area contributed by atoms with Crippen LogP contribution in [0.2, 0.25) is 0 Å². The summed E-state index contributed by atoms with van der Waals surface area (Å²) in [6, 6.07) is 0. The maximum absolute atomic E-state index is 5.50. The zero-order valence-electron chi connectivity index (χ0n) is 11.3. The van der Waals surface area contributed by atoms with Gasteiger partial charge in [-0.3, -0.25) is 0 Å². The third-order valence-corrected chi connectivity index (χ3v) is 4.06. The summed E-state index contributed by atoms with van der Waals surface area (Å²) in [5.74, 6) is 0.965. The van der Waals surface area contributed by atoms with Crippen molar-refractivity contribution < 1.29 is 9.26 Å². The number of thiazole rings is 1. The van der Waals surface area contributed by atoms with E-state index in [1.165, 1.54) is 0 Å². The molecule has 1 atom stereocenters. The Labute approximate surface area is 116 Å². The van der Waals surface area contributed by atoms with Gasteiger partial charge in [-0.1, -0.05) is 12.1 Å². The van der Waals surface area contributed by atoms with Crippen molar-refractivity contribution in [2.24, 2.45) is 5.73 Å². The summed E-state index contributed by atoms with van der Waals surface area (Å²) < 4.78 is 10.7. The number of hydrogen-bond donors (Lipinski definition) is 1. The van der Waals surface area contributed by atoms with E-state index in [0.717, 1.165) is 17.8 Å². The first kappa shape index (κ1) is 14.1. The molecule has 2 heterocycles. The molecule has 0 amide bonds. The third kappa shape index (κ3) is 2.83. The predicted molar refractivity (Wildman–Crippen MR) is 72.8 cm³/mol. The van der Waals surface area contributed by atoms with Crippen LogP contribution in [-0.4, -0.2) is 28.8 Å². The van der Waals surface area contributed by atoms with Crippen LogP contribution in [0.15, 0.2) is 9.90 Å². The highest BCUT2D eigenvalue weighted by Crippen LogP contribution is 2.28. The van der Waals surface area contributed by atoms with Crippen LogP contribution in [-0.2, 0) is 16.8 Å². The standard InChI is InChI=1S/C12H18N4O2S/c1-4-12(2,17-3)11-15-10(18-16-11)8-7-19-9(14-8)5-6-13/h7H,4-6,13H2,1-3H3. The van der Waals surface area contributed by atoms with Crippen molar-refractivity contribution in [1.29, 1.82) is 0 Å². The van der Waals surface area contributed by atoms with E-state index in [9.17, 15) is 0 Å². The molecule has 0 aromatic carbocycles. The Hall–Kier alpha value is -1.31. The van der Waals surface area contributed by atoms with Crippen molar-refractivity contribution in [1.82, 2.24) is 15.1 Å². The van der Waals surface area contributed by atoms with Gasteiger partial charge in [0, 0.05) is 18.9 Å². The fraction of sp³-hybridized carbons (Fsp3) is 0.583. The highest BCUT2D eigenvalue weighted by Gasteiger charge is 2.30. The number of nitrogens with two attached hydrogens (primary N) is 1. The lowest BCUT2D eigenvalue weighted by atomic mass is 10.0. The van der Waals surface area contributed by atoms with Crippen molar-refractivity contribution in [3.63, 3.8) is 0 Å². The number of hydrogen-bond acceptors (Lipinski definition) is 7. The number of methoxy groups -OCH3 is 1. The maximum atomic E-state index is 5.50. The molecule has 2 aromatic heterocycles. The van der Waals surface area contributed by atoms with Crippen LogP contribution in [0.4, 0.5) is 0 Å². The number of ether oxygens (including phenoxy) is 1. The molecule has 19 heavy (non-hydrogen) atoms. The van der Waals surface area contributed by atoms with E-state index in [0.29, 0.717) is 24.0 Å². The highest BCUT2D eigenvalue weighted by molar-refractivity contribution is 7.09. The second kappa shape index (κ2) is 5.77. The van der Waals surface area contributed by atoms with Crippen molar-refractivity contribution in [2.75, 3.05) is 13.7 Å². The van der Waals surface area contributed by atoms with Gasteiger partial charge in [0.25, 0.3) is 5.89 Å². The molecule has 0 radical (unpaired) electrons. The van der Waals surface area contributed by atoms with E-state index in [1.807, 2.05) is 19.2 Å². The summed E-state index contributed by atoms with van der Waals surface area (Å²) in [6.45, 7) is 4.53. The molecule has 0 saturated carbocycles. The lowest BCUT2D eigenvalue weighted by Crippen LogP contribution is -2.24. The molecular formula is C12H18N4O2S. The fourth-order valence-electron chi connectivity index (χ4n) is 1.58. The second-order valence-electron chi connectivity index (χ2n) is 4.38. The largest absolute Gasteiger partial charge is 0.370 e. The SMILES string of the molecule is CCC(C)(OC)c1noc(-c2csc(CCN)n2)n1. The average molecular weight is 282 g/mol. The molecular weight excluding hydrogens is 264 g/mol. The summed E-state index contributed by atoms with van der Waals surface area (Å²) >= 11 is 1.55. The molecule has 0 bridgehead atoms. The van der Waals surface area contributed by atoms with Crippen molar-refractivity contribution >= 4 is 11.3 Å². The van der Waals surface area contributed by atoms with Gasteiger partial charge in [0.15, 0.2) is 0 Å². The Kier molecular flexibility index (Phi) is 4.28. The summed E-state index contributed by atoms with van der Waals surface area (Å²) in [7, 11) is 1.64. The first-order chi connectivity index (χ1) is 9.12. The topological polar surface area (TPSA) is 87.1 Å². The fourth-order valence-corrected chi connectivity index (χ4v) is 2.37. The van der Waals surface area contributed by atoms with Gasteiger partial charge in [-0.2, -0.15) is 4.98 Å². The van der Waals surface area contributed by atoms with Gasteiger partial charge in [-0.25, -0.2) is 4.98 Å². The normalized spacial score (nSPS) is 14.5. The Morgan fingerprint density at radius 3 is 2.89 bits per heavy atom. The van der Waals surface area contributed by atoms with Gasteiger partial charge < -0.3 is 15.0 Å². The number of rotatable bonds is 6. The van der Waals surface area contributed by atoms with Crippen LogP contribution < -0.4 is 5.73 Å². The Morgan fingerprint density at radius 1 is 1.47 bits per heavy atom. The van der Waals surface area contributed by atoms with E-state index in [2.05, 4.69) is 15.1 Å².